The third-order valence-electron chi connectivity index (χ3n) is 9.32. The molecule has 224 valence electrons. The molecule has 0 saturated carbocycles. The number of aliphatic hydroxyl groups excluding tert-OH is 1. The Labute approximate surface area is 243 Å². The van der Waals surface area contributed by atoms with Gasteiger partial charge in [0.15, 0.2) is 0 Å². The summed E-state index contributed by atoms with van der Waals surface area (Å²) in [5.74, 6) is -0.321. The van der Waals surface area contributed by atoms with Crippen molar-refractivity contribution in [2.24, 2.45) is 34.8 Å². The van der Waals surface area contributed by atoms with E-state index in [0.717, 1.165) is 17.6 Å². The summed E-state index contributed by atoms with van der Waals surface area (Å²) in [5, 5.41) is 13.1. The smallest absolute Gasteiger partial charge is 0.312 e. The maximum atomic E-state index is 13.4. The first-order valence-corrected chi connectivity index (χ1v) is 15.0. The fourth-order valence-corrected chi connectivity index (χ4v) is 6.54. The number of nitrogens with one attached hydrogen (secondary N) is 1. The SMILES string of the molecule is CCC(C)(C)C(=O)O[C@H]1C[C@H](C(Cc2ccccc2)NC(N)=O)C=C2C=C[C@H](C)[C@H](CC[C@@H]3C[C@@H](O)CC(=O)O3)[C@H]21. The van der Waals surface area contributed by atoms with Gasteiger partial charge in [0.25, 0.3) is 0 Å². The summed E-state index contributed by atoms with van der Waals surface area (Å²) in [6.07, 6.45) is 8.90. The lowest BCUT2D eigenvalue weighted by Crippen LogP contribution is -2.49. The van der Waals surface area contributed by atoms with Gasteiger partial charge in [0.05, 0.1) is 17.9 Å². The first kappa shape index (κ1) is 30.8. The second-order valence-corrected chi connectivity index (χ2v) is 12.7. The fraction of sp³-hybridized carbons (Fsp3) is 0.606. The molecule has 0 spiro atoms. The van der Waals surface area contributed by atoms with Gasteiger partial charge in [0.2, 0.25) is 0 Å². The molecule has 8 nitrogen and oxygen atoms in total. The summed E-state index contributed by atoms with van der Waals surface area (Å²) in [7, 11) is 0. The fourth-order valence-electron chi connectivity index (χ4n) is 6.54. The highest BCUT2D eigenvalue weighted by molar-refractivity contribution is 5.76. The number of carbonyl (C=O) groups is 3. The summed E-state index contributed by atoms with van der Waals surface area (Å²) in [4.78, 5) is 37.4. The lowest BCUT2D eigenvalue weighted by atomic mass is 9.64. The number of nitrogens with two attached hydrogens (primary N) is 1. The van der Waals surface area contributed by atoms with E-state index >= 15 is 0 Å². The van der Waals surface area contributed by atoms with Gasteiger partial charge in [-0.3, -0.25) is 9.59 Å². The van der Waals surface area contributed by atoms with Crippen LogP contribution in [0.25, 0.3) is 0 Å². The molecule has 1 unspecified atom stereocenters. The number of allylic oxidation sites excluding steroid dienone is 2. The Balaban J connectivity index is 1.63. The molecule has 4 rings (SSSR count). The lowest BCUT2D eigenvalue weighted by molar-refractivity contribution is -0.166. The van der Waals surface area contributed by atoms with Crippen molar-refractivity contribution in [2.45, 2.75) is 97.0 Å². The minimum absolute atomic E-state index is 0.0296. The molecule has 1 aliphatic heterocycles. The van der Waals surface area contributed by atoms with Crippen LogP contribution < -0.4 is 11.1 Å². The van der Waals surface area contributed by atoms with E-state index in [2.05, 4.69) is 30.5 Å². The quantitative estimate of drug-likeness (QED) is 0.348. The number of cyclic esters (lactones) is 1. The molecule has 8 atom stereocenters. The molecule has 2 aliphatic carbocycles. The Morgan fingerprint density at radius 1 is 1.20 bits per heavy atom. The summed E-state index contributed by atoms with van der Waals surface area (Å²) in [6.45, 7) is 7.97. The highest BCUT2D eigenvalue weighted by atomic mass is 16.6. The van der Waals surface area contributed by atoms with Crippen molar-refractivity contribution in [1.82, 2.24) is 5.32 Å². The van der Waals surface area contributed by atoms with Gasteiger partial charge >= 0.3 is 18.0 Å². The van der Waals surface area contributed by atoms with E-state index < -0.39 is 17.6 Å². The van der Waals surface area contributed by atoms with Gasteiger partial charge in [-0.2, -0.15) is 0 Å². The molecule has 0 bridgehead atoms. The second-order valence-electron chi connectivity index (χ2n) is 12.7. The average molecular weight is 567 g/mol. The normalized spacial score (nSPS) is 30.4. The number of rotatable bonds is 10. The van der Waals surface area contributed by atoms with E-state index in [1.165, 1.54) is 0 Å². The largest absolute Gasteiger partial charge is 0.462 e. The molecule has 1 aromatic carbocycles. The number of esters is 2. The summed E-state index contributed by atoms with van der Waals surface area (Å²) >= 11 is 0. The van der Waals surface area contributed by atoms with Crippen LogP contribution >= 0.6 is 0 Å². The first-order chi connectivity index (χ1) is 19.5. The summed E-state index contributed by atoms with van der Waals surface area (Å²) < 4.78 is 11.9. The molecule has 1 aromatic rings. The van der Waals surface area contributed by atoms with Gasteiger partial charge in [-0.15, -0.1) is 0 Å². The molecule has 3 aliphatic rings. The van der Waals surface area contributed by atoms with Crippen molar-refractivity contribution in [3.8, 4) is 0 Å². The van der Waals surface area contributed by atoms with Gasteiger partial charge < -0.3 is 25.6 Å². The molecule has 8 heteroatoms. The van der Waals surface area contributed by atoms with E-state index in [9.17, 15) is 19.5 Å². The lowest BCUT2D eigenvalue weighted by Gasteiger charge is -2.45. The number of urea groups is 1. The minimum Gasteiger partial charge on any atom is -0.462 e. The van der Waals surface area contributed by atoms with Gasteiger partial charge in [0, 0.05) is 24.3 Å². The molecule has 2 amide bonds. The van der Waals surface area contributed by atoms with E-state index in [1.807, 2.05) is 51.1 Å². The number of carbonyl (C=O) groups excluding carboxylic acids is 3. The van der Waals surface area contributed by atoms with Crippen molar-refractivity contribution in [3.63, 3.8) is 0 Å². The zero-order valence-corrected chi connectivity index (χ0v) is 24.8. The van der Waals surface area contributed by atoms with Gasteiger partial charge in [-0.05, 0) is 68.9 Å². The topological polar surface area (TPSA) is 128 Å². The predicted octanol–water partition coefficient (Wildman–Crippen LogP) is 4.85. The molecule has 1 fully saturated rings. The van der Waals surface area contributed by atoms with E-state index in [1.54, 1.807) is 0 Å². The standard InChI is InChI=1S/C33H46N2O6/c1-5-33(3,4)31(38)41-28-17-23(27(35-32(34)39)15-21-9-7-6-8-10-21)16-22-12-11-20(2)26(30(22)28)14-13-25-18-24(36)19-29(37)40-25/h6-12,16,20,23-28,30,36H,5,13-15,17-19H2,1-4H3,(H3,34,35,39)/t20-,23+,24+,25+,26-,27?,28-,30-/m0/s1. The highest BCUT2D eigenvalue weighted by Crippen LogP contribution is 2.46. The predicted molar refractivity (Wildman–Crippen MR) is 156 cm³/mol. The molecule has 1 heterocycles. The number of fused-ring (bicyclic) bond motifs is 1. The monoisotopic (exact) mass is 566 g/mol. The maximum Gasteiger partial charge on any atom is 0.312 e. The highest BCUT2D eigenvalue weighted by Gasteiger charge is 2.45. The number of hydrogen-bond acceptors (Lipinski definition) is 6. The van der Waals surface area contributed by atoms with Crippen LogP contribution in [0.1, 0.15) is 71.8 Å². The Bertz CT molecular complexity index is 1150. The molecule has 1 saturated heterocycles. The summed E-state index contributed by atoms with van der Waals surface area (Å²) in [5.41, 5.74) is 7.19. The van der Waals surface area contributed by atoms with Gasteiger partial charge in [-0.1, -0.05) is 62.4 Å². The Morgan fingerprint density at radius 2 is 1.93 bits per heavy atom. The average Bonchev–Trinajstić information content (AvgIpc) is 2.92. The minimum atomic E-state index is -0.667. The number of primary amides is 1. The van der Waals surface area contributed by atoms with Crippen molar-refractivity contribution in [3.05, 3.63) is 59.7 Å². The number of aliphatic hydroxyl groups is 1. The number of hydrogen-bond donors (Lipinski definition) is 3. The second kappa shape index (κ2) is 13.2. The van der Waals surface area contributed by atoms with Crippen LogP contribution in [0.5, 0.6) is 0 Å². The number of amides is 2. The molecule has 4 N–H and O–H groups in total. The van der Waals surface area contributed by atoms with Crippen LogP contribution in [0.2, 0.25) is 0 Å². The number of benzene rings is 1. The Kier molecular flexibility index (Phi) is 9.95. The summed E-state index contributed by atoms with van der Waals surface area (Å²) in [6, 6.07) is 9.12. The zero-order chi connectivity index (χ0) is 29.7. The zero-order valence-electron chi connectivity index (χ0n) is 24.8. The van der Waals surface area contributed by atoms with Gasteiger partial charge in [-0.25, -0.2) is 4.79 Å². The van der Waals surface area contributed by atoms with Crippen molar-refractivity contribution in [2.75, 3.05) is 0 Å². The van der Waals surface area contributed by atoms with Crippen LogP contribution in [0, 0.1) is 29.1 Å². The van der Waals surface area contributed by atoms with E-state index in [-0.39, 0.29) is 60.3 Å². The Hall–Kier alpha value is -3.13. The van der Waals surface area contributed by atoms with Crippen molar-refractivity contribution < 1.29 is 29.0 Å². The third-order valence-corrected chi connectivity index (χ3v) is 9.32. The molecule has 0 aromatic heterocycles. The first-order valence-electron chi connectivity index (χ1n) is 15.0. The van der Waals surface area contributed by atoms with E-state index in [4.69, 9.17) is 15.2 Å². The van der Waals surface area contributed by atoms with Gasteiger partial charge in [0.1, 0.15) is 12.2 Å². The van der Waals surface area contributed by atoms with E-state index in [0.29, 0.717) is 32.1 Å². The van der Waals surface area contributed by atoms with Crippen LogP contribution in [0.15, 0.2) is 54.1 Å². The molecular formula is C33H46N2O6. The van der Waals surface area contributed by atoms with Crippen LogP contribution in [0.4, 0.5) is 4.79 Å². The maximum absolute atomic E-state index is 13.4. The van der Waals surface area contributed by atoms with Crippen molar-refractivity contribution in [1.29, 1.82) is 0 Å². The molecule has 41 heavy (non-hydrogen) atoms. The number of ether oxygens (including phenoxy) is 2. The van der Waals surface area contributed by atoms with Crippen molar-refractivity contribution >= 4 is 18.0 Å². The van der Waals surface area contributed by atoms with Crippen LogP contribution in [-0.2, 0) is 25.5 Å². The Morgan fingerprint density at radius 3 is 2.59 bits per heavy atom. The van der Waals surface area contributed by atoms with Crippen LogP contribution in [-0.4, -0.2) is 47.4 Å². The molecule has 0 radical (unpaired) electrons. The third kappa shape index (κ3) is 7.79. The molecular weight excluding hydrogens is 520 g/mol. The van der Waals surface area contributed by atoms with Crippen LogP contribution in [0.3, 0.4) is 0 Å².